The van der Waals surface area contributed by atoms with E-state index in [9.17, 15) is 0 Å². The van der Waals surface area contributed by atoms with Crippen molar-refractivity contribution in [3.05, 3.63) is 120 Å². The van der Waals surface area contributed by atoms with Crippen LogP contribution in [0.1, 0.15) is 22.3 Å². The Morgan fingerprint density at radius 1 is 0.588 bits per heavy atom. The first kappa shape index (κ1) is 27.7. The van der Waals surface area contributed by atoms with Crippen LogP contribution in [-0.2, 0) is 39.4 Å². The molecule has 6 nitrogen and oxygen atoms in total. The second-order valence-corrected chi connectivity index (χ2v) is 7.99. The molecule has 0 atom stereocenters. The maximum Gasteiger partial charge on any atom is 0.244 e. The molecule has 4 rings (SSSR count). The zero-order valence-corrected chi connectivity index (χ0v) is 22.1. The molecule has 0 bridgehead atoms. The maximum absolute atomic E-state index is 9.15. The predicted octanol–water partition coefficient (Wildman–Crippen LogP) is -3.79. The molecule has 8 heteroatoms. The van der Waals surface area contributed by atoms with E-state index in [4.69, 9.17) is 10.2 Å². The van der Waals surface area contributed by atoms with Crippen LogP contribution in [0.5, 0.6) is 0 Å². The highest BCUT2D eigenvalue weighted by Gasteiger charge is 2.05. The van der Waals surface area contributed by atoms with E-state index in [1.165, 1.54) is 11.1 Å². The van der Waals surface area contributed by atoms with Gasteiger partial charge in [0.15, 0.2) is 0 Å². The molecule has 2 N–H and O–H groups in total. The molecular weight excluding hydrogens is 560 g/mol. The van der Waals surface area contributed by atoms with Gasteiger partial charge in [-0.3, -0.25) is 0 Å². The Balaban J connectivity index is 0.00000204. The van der Waals surface area contributed by atoms with E-state index in [-0.39, 0.29) is 47.2 Å². The lowest BCUT2D eigenvalue weighted by atomic mass is 10.1. The topological polar surface area (TPSA) is 58.1 Å². The number of aromatic nitrogens is 4. The summed E-state index contributed by atoms with van der Waals surface area (Å²) in [6.07, 6.45) is 16.9. The SMILES string of the molecule is OCc1ccc(C[n+]2ccn(C/C=C/Cn3cc[n+](Cc4ccc(CO)cc4)c3)c2)cc1.[Br-].[Br-]. The monoisotopic (exact) mass is 588 g/mol. The van der Waals surface area contributed by atoms with Gasteiger partial charge in [0.1, 0.15) is 51.0 Å². The minimum Gasteiger partial charge on any atom is -1.00 e. The first-order valence-electron chi connectivity index (χ1n) is 10.8. The number of halogens is 2. The van der Waals surface area contributed by atoms with Gasteiger partial charge in [0.25, 0.3) is 0 Å². The third-order valence-electron chi connectivity index (χ3n) is 5.43. The Morgan fingerprint density at radius 3 is 1.29 bits per heavy atom. The lowest BCUT2D eigenvalue weighted by Crippen LogP contribution is -3.00. The highest BCUT2D eigenvalue weighted by molar-refractivity contribution is 5.22. The Bertz CT molecular complexity index is 1060. The first-order chi connectivity index (χ1) is 15.7. The summed E-state index contributed by atoms with van der Waals surface area (Å²) in [5.41, 5.74) is 4.30. The highest BCUT2D eigenvalue weighted by Crippen LogP contribution is 2.05. The van der Waals surface area contributed by atoms with Crippen LogP contribution in [0.3, 0.4) is 0 Å². The Hall–Kier alpha value is -2.52. The third-order valence-corrected chi connectivity index (χ3v) is 5.43. The molecular formula is C26H30Br2N4O2. The zero-order valence-electron chi connectivity index (χ0n) is 18.9. The number of aliphatic hydroxyl groups excluding tert-OH is 2. The second-order valence-electron chi connectivity index (χ2n) is 7.99. The average molecular weight is 590 g/mol. The Kier molecular flexibility index (Phi) is 11.4. The fourth-order valence-corrected chi connectivity index (χ4v) is 3.59. The van der Waals surface area contributed by atoms with Crippen LogP contribution in [0.25, 0.3) is 0 Å². The van der Waals surface area contributed by atoms with Crippen LogP contribution in [0.4, 0.5) is 0 Å². The van der Waals surface area contributed by atoms with Gasteiger partial charge in [-0.15, -0.1) is 0 Å². The van der Waals surface area contributed by atoms with Crippen molar-refractivity contribution in [1.29, 1.82) is 0 Å². The van der Waals surface area contributed by atoms with Crippen molar-refractivity contribution in [2.45, 2.75) is 39.4 Å². The second kappa shape index (κ2) is 14.0. The van der Waals surface area contributed by atoms with Crippen molar-refractivity contribution in [3.8, 4) is 0 Å². The van der Waals surface area contributed by atoms with Crippen LogP contribution in [-0.4, -0.2) is 19.3 Å². The Morgan fingerprint density at radius 2 is 0.941 bits per heavy atom. The summed E-state index contributed by atoms with van der Waals surface area (Å²) in [4.78, 5) is 0. The van der Waals surface area contributed by atoms with Gasteiger partial charge in [-0.2, -0.15) is 0 Å². The maximum atomic E-state index is 9.15. The van der Waals surface area contributed by atoms with E-state index in [1.807, 2.05) is 24.3 Å². The molecule has 0 saturated heterocycles. The van der Waals surface area contributed by atoms with Gasteiger partial charge in [0, 0.05) is 0 Å². The summed E-state index contributed by atoms with van der Waals surface area (Å²) >= 11 is 0. The normalized spacial score (nSPS) is 10.8. The molecule has 180 valence electrons. The zero-order chi connectivity index (χ0) is 22.2. The standard InChI is InChI=1S/C26H30N4O2.2BrH/c31-19-25-7-3-23(4-8-25)17-29-15-13-27(21-29)11-1-2-12-28-14-16-30(22-28)18-24-5-9-26(20-32)10-6-24;;/h1-10,13-16,21-22,31-32H,11-12,17-20H2;2*1H/q+2;;/p-2/b2-1+;;. The largest absolute Gasteiger partial charge is 1.00 e. The fourth-order valence-electron chi connectivity index (χ4n) is 3.59. The molecule has 2 heterocycles. The van der Waals surface area contributed by atoms with Crippen LogP contribution in [0.15, 0.2) is 98.1 Å². The summed E-state index contributed by atoms with van der Waals surface area (Å²) in [7, 11) is 0. The van der Waals surface area contributed by atoms with E-state index >= 15 is 0 Å². The van der Waals surface area contributed by atoms with Crippen LogP contribution < -0.4 is 43.1 Å². The molecule has 0 radical (unpaired) electrons. The van der Waals surface area contributed by atoms with E-state index < -0.39 is 0 Å². The van der Waals surface area contributed by atoms with E-state index in [0.29, 0.717) is 0 Å². The third kappa shape index (κ3) is 8.06. The lowest BCUT2D eigenvalue weighted by molar-refractivity contribution is -0.688. The van der Waals surface area contributed by atoms with Crippen LogP contribution >= 0.6 is 0 Å². The molecule has 34 heavy (non-hydrogen) atoms. The molecule has 0 aliphatic carbocycles. The summed E-state index contributed by atoms with van der Waals surface area (Å²) in [5, 5.41) is 18.3. The van der Waals surface area contributed by atoms with E-state index in [1.54, 1.807) is 0 Å². The van der Waals surface area contributed by atoms with Gasteiger partial charge in [0.05, 0.1) is 13.2 Å². The molecule has 2 aromatic carbocycles. The van der Waals surface area contributed by atoms with Gasteiger partial charge < -0.3 is 44.2 Å². The fraction of sp³-hybridized carbons (Fsp3) is 0.231. The quantitative estimate of drug-likeness (QED) is 0.147. The molecule has 0 fully saturated rings. The minimum atomic E-state index is 0. The average Bonchev–Trinajstić information content (AvgIpc) is 3.47. The number of benzene rings is 2. The number of rotatable bonds is 10. The summed E-state index contributed by atoms with van der Waals surface area (Å²) < 4.78 is 8.63. The van der Waals surface area contributed by atoms with Crippen molar-refractivity contribution in [2.24, 2.45) is 0 Å². The van der Waals surface area contributed by atoms with Crippen LogP contribution in [0, 0.1) is 0 Å². The van der Waals surface area contributed by atoms with Crippen molar-refractivity contribution in [2.75, 3.05) is 0 Å². The van der Waals surface area contributed by atoms with Crippen molar-refractivity contribution in [3.63, 3.8) is 0 Å². The van der Waals surface area contributed by atoms with Crippen molar-refractivity contribution >= 4 is 0 Å². The minimum absolute atomic E-state index is 0. The van der Waals surface area contributed by atoms with E-state index in [2.05, 4.69) is 92.1 Å². The molecule has 0 saturated carbocycles. The summed E-state index contributed by atoms with van der Waals surface area (Å²) in [6.45, 7) is 3.45. The molecule has 0 unspecified atom stereocenters. The molecule has 0 amide bonds. The van der Waals surface area contributed by atoms with Crippen molar-refractivity contribution in [1.82, 2.24) is 9.13 Å². The summed E-state index contributed by atoms with van der Waals surface area (Å²) in [5.74, 6) is 0. The summed E-state index contributed by atoms with van der Waals surface area (Å²) in [6, 6.07) is 16.1. The molecule has 4 aromatic rings. The lowest BCUT2D eigenvalue weighted by Gasteiger charge is -2.00. The number of imidazole rings is 2. The molecule has 0 aliphatic rings. The highest BCUT2D eigenvalue weighted by atomic mass is 79.9. The molecule has 0 spiro atoms. The Labute approximate surface area is 221 Å². The number of nitrogens with zero attached hydrogens (tertiary/aromatic N) is 4. The van der Waals surface area contributed by atoms with Gasteiger partial charge in [0.2, 0.25) is 12.7 Å². The smallest absolute Gasteiger partial charge is 0.244 e. The number of hydrogen-bond acceptors (Lipinski definition) is 2. The number of aliphatic hydroxyl groups is 2. The van der Waals surface area contributed by atoms with Crippen molar-refractivity contribution < 1.29 is 53.3 Å². The van der Waals surface area contributed by atoms with Crippen LogP contribution in [0.2, 0.25) is 0 Å². The molecule has 2 aromatic heterocycles. The first-order valence-corrected chi connectivity index (χ1v) is 10.8. The van der Waals surface area contributed by atoms with Gasteiger partial charge >= 0.3 is 0 Å². The van der Waals surface area contributed by atoms with Gasteiger partial charge in [-0.1, -0.05) is 48.5 Å². The van der Waals surface area contributed by atoms with E-state index in [0.717, 1.165) is 37.3 Å². The van der Waals surface area contributed by atoms with Gasteiger partial charge in [-0.25, -0.2) is 18.3 Å². The molecule has 0 aliphatic heterocycles. The predicted molar refractivity (Wildman–Crippen MR) is 121 cm³/mol. The number of hydrogen-bond donors (Lipinski definition) is 2. The van der Waals surface area contributed by atoms with Gasteiger partial charge in [-0.05, 0) is 34.4 Å². The number of allylic oxidation sites excluding steroid dienone is 2.